The van der Waals surface area contributed by atoms with E-state index in [1.165, 1.54) is 6.07 Å². The summed E-state index contributed by atoms with van der Waals surface area (Å²) in [6.45, 7) is 2.18. The van der Waals surface area contributed by atoms with Crippen molar-refractivity contribution in [3.63, 3.8) is 0 Å². The van der Waals surface area contributed by atoms with Crippen molar-refractivity contribution in [2.75, 3.05) is 0 Å². The zero-order valence-electron chi connectivity index (χ0n) is 13.5. The first-order chi connectivity index (χ1) is 12.0. The lowest BCUT2D eigenvalue weighted by atomic mass is 10.1. The third kappa shape index (κ3) is 4.06. The quantitative estimate of drug-likeness (QED) is 0.775. The average molecular weight is 342 g/mol. The van der Waals surface area contributed by atoms with E-state index in [2.05, 4.69) is 15.6 Å². The van der Waals surface area contributed by atoms with E-state index in [1.807, 2.05) is 30.3 Å². The molecule has 0 bridgehead atoms. The summed E-state index contributed by atoms with van der Waals surface area (Å²) in [7, 11) is 0. The fraction of sp³-hybridized carbons (Fsp3) is 0.167. The van der Waals surface area contributed by atoms with Gasteiger partial charge in [-0.25, -0.2) is 13.5 Å². The van der Waals surface area contributed by atoms with Crippen LogP contribution in [0.2, 0.25) is 0 Å². The van der Waals surface area contributed by atoms with Gasteiger partial charge in [0.2, 0.25) is 0 Å². The maximum Gasteiger partial charge on any atom is 0.273 e. The van der Waals surface area contributed by atoms with Gasteiger partial charge in [-0.15, -0.1) is 5.10 Å². The number of nitrogens with zero attached hydrogens (tertiary/aromatic N) is 3. The van der Waals surface area contributed by atoms with Gasteiger partial charge in [-0.1, -0.05) is 41.6 Å². The van der Waals surface area contributed by atoms with Gasteiger partial charge in [-0.3, -0.25) is 4.79 Å². The van der Waals surface area contributed by atoms with Crippen LogP contribution in [0.1, 0.15) is 34.6 Å². The lowest BCUT2D eigenvalue weighted by Crippen LogP contribution is -2.27. The molecule has 2 aromatic carbocycles. The summed E-state index contributed by atoms with van der Waals surface area (Å²) in [6.07, 6.45) is 1.54. The Labute approximate surface area is 143 Å². The number of benzene rings is 2. The SMILES string of the molecule is C[C@H](NC(=O)c1cn(Cc2ccccc2)nn1)c1ccc(F)c(F)c1. The molecule has 0 fully saturated rings. The highest BCUT2D eigenvalue weighted by Gasteiger charge is 2.16. The molecular weight excluding hydrogens is 326 g/mol. The number of amides is 1. The number of aromatic nitrogens is 3. The predicted molar refractivity (Wildman–Crippen MR) is 87.8 cm³/mol. The van der Waals surface area contributed by atoms with Crippen molar-refractivity contribution < 1.29 is 13.6 Å². The number of hydrogen-bond donors (Lipinski definition) is 1. The molecule has 0 aliphatic carbocycles. The van der Waals surface area contributed by atoms with Crippen LogP contribution >= 0.6 is 0 Å². The second kappa shape index (κ2) is 7.21. The molecule has 1 N–H and O–H groups in total. The predicted octanol–water partition coefficient (Wildman–Crippen LogP) is 3.10. The average Bonchev–Trinajstić information content (AvgIpc) is 3.07. The Hall–Kier alpha value is -3.09. The number of carbonyl (C=O) groups excluding carboxylic acids is 1. The fourth-order valence-electron chi connectivity index (χ4n) is 2.39. The van der Waals surface area contributed by atoms with Crippen molar-refractivity contribution in [2.24, 2.45) is 0 Å². The lowest BCUT2D eigenvalue weighted by molar-refractivity contribution is 0.0934. The van der Waals surface area contributed by atoms with E-state index in [4.69, 9.17) is 0 Å². The second-order valence-corrected chi connectivity index (χ2v) is 5.66. The first-order valence-electron chi connectivity index (χ1n) is 7.73. The normalized spacial score (nSPS) is 12.0. The summed E-state index contributed by atoms with van der Waals surface area (Å²) < 4.78 is 27.8. The number of carbonyl (C=O) groups is 1. The summed E-state index contributed by atoms with van der Waals surface area (Å²) in [5, 5.41) is 10.5. The van der Waals surface area contributed by atoms with Gasteiger partial charge in [0.25, 0.3) is 5.91 Å². The first kappa shape index (κ1) is 16.8. The summed E-state index contributed by atoms with van der Waals surface area (Å²) in [6, 6.07) is 12.7. The lowest BCUT2D eigenvalue weighted by Gasteiger charge is -2.13. The topological polar surface area (TPSA) is 59.8 Å². The molecule has 1 atom stereocenters. The van der Waals surface area contributed by atoms with E-state index in [-0.39, 0.29) is 5.69 Å². The Kier molecular flexibility index (Phi) is 4.83. The number of halogens is 2. The van der Waals surface area contributed by atoms with Crippen LogP contribution in [-0.4, -0.2) is 20.9 Å². The molecule has 5 nitrogen and oxygen atoms in total. The van der Waals surface area contributed by atoms with Crippen LogP contribution in [0, 0.1) is 11.6 Å². The fourth-order valence-corrected chi connectivity index (χ4v) is 2.39. The minimum atomic E-state index is -0.951. The van der Waals surface area contributed by atoms with Gasteiger partial charge in [0, 0.05) is 0 Å². The van der Waals surface area contributed by atoms with Crippen LogP contribution in [0.25, 0.3) is 0 Å². The van der Waals surface area contributed by atoms with Crippen LogP contribution in [0.5, 0.6) is 0 Å². The molecule has 0 aliphatic rings. The molecule has 1 aromatic heterocycles. The number of rotatable bonds is 5. The van der Waals surface area contributed by atoms with Crippen molar-refractivity contribution in [3.8, 4) is 0 Å². The molecule has 0 saturated carbocycles. The number of nitrogens with one attached hydrogen (secondary N) is 1. The van der Waals surface area contributed by atoms with E-state index in [0.29, 0.717) is 12.1 Å². The molecule has 0 radical (unpaired) electrons. The van der Waals surface area contributed by atoms with Crippen LogP contribution in [-0.2, 0) is 6.54 Å². The Morgan fingerprint density at radius 2 is 1.92 bits per heavy atom. The maximum atomic E-state index is 13.3. The van der Waals surface area contributed by atoms with Crippen LogP contribution in [0.3, 0.4) is 0 Å². The van der Waals surface area contributed by atoms with Gasteiger partial charge < -0.3 is 5.32 Å². The first-order valence-corrected chi connectivity index (χ1v) is 7.73. The molecule has 1 heterocycles. The van der Waals surface area contributed by atoms with Crippen molar-refractivity contribution in [1.82, 2.24) is 20.3 Å². The minimum Gasteiger partial charge on any atom is -0.344 e. The molecular formula is C18H16F2N4O. The van der Waals surface area contributed by atoms with E-state index >= 15 is 0 Å². The van der Waals surface area contributed by atoms with Crippen LogP contribution in [0.15, 0.2) is 54.7 Å². The van der Waals surface area contributed by atoms with Gasteiger partial charge in [0.15, 0.2) is 17.3 Å². The molecule has 0 spiro atoms. The van der Waals surface area contributed by atoms with Gasteiger partial charge in [0.1, 0.15) is 0 Å². The third-order valence-corrected chi connectivity index (χ3v) is 3.75. The summed E-state index contributed by atoms with van der Waals surface area (Å²) in [4.78, 5) is 12.3. The molecule has 1 amide bonds. The van der Waals surface area contributed by atoms with Crippen molar-refractivity contribution in [1.29, 1.82) is 0 Å². The third-order valence-electron chi connectivity index (χ3n) is 3.75. The highest BCUT2D eigenvalue weighted by atomic mass is 19.2. The second-order valence-electron chi connectivity index (χ2n) is 5.66. The van der Waals surface area contributed by atoms with Crippen molar-refractivity contribution in [3.05, 3.63) is 83.2 Å². The van der Waals surface area contributed by atoms with Crippen molar-refractivity contribution >= 4 is 5.91 Å². The molecule has 0 saturated heterocycles. The summed E-state index contributed by atoms with van der Waals surface area (Å²) >= 11 is 0. The molecule has 7 heteroatoms. The van der Waals surface area contributed by atoms with Gasteiger partial charge in [0.05, 0.1) is 18.8 Å². The number of hydrogen-bond acceptors (Lipinski definition) is 3. The Morgan fingerprint density at radius 3 is 2.64 bits per heavy atom. The molecule has 3 aromatic rings. The largest absolute Gasteiger partial charge is 0.344 e. The monoisotopic (exact) mass is 342 g/mol. The Balaban J connectivity index is 1.66. The minimum absolute atomic E-state index is 0.158. The highest BCUT2D eigenvalue weighted by molar-refractivity contribution is 5.92. The standard InChI is InChI=1S/C18H16F2N4O/c1-12(14-7-8-15(19)16(20)9-14)21-18(25)17-11-24(23-22-17)10-13-5-3-2-4-6-13/h2-9,11-12H,10H2,1H3,(H,21,25)/t12-/m0/s1. The van der Waals surface area contributed by atoms with Gasteiger partial charge in [-0.05, 0) is 30.2 Å². The highest BCUT2D eigenvalue weighted by Crippen LogP contribution is 2.16. The smallest absolute Gasteiger partial charge is 0.273 e. The van der Waals surface area contributed by atoms with Gasteiger partial charge >= 0.3 is 0 Å². The van der Waals surface area contributed by atoms with E-state index in [0.717, 1.165) is 17.7 Å². The van der Waals surface area contributed by atoms with Crippen LogP contribution < -0.4 is 5.32 Å². The molecule has 0 unspecified atom stereocenters. The summed E-state index contributed by atoms with van der Waals surface area (Å²) in [5.41, 5.74) is 1.66. The molecule has 128 valence electrons. The summed E-state index contributed by atoms with van der Waals surface area (Å²) in [5.74, 6) is -2.31. The van der Waals surface area contributed by atoms with Crippen LogP contribution in [0.4, 0.5) is 8.78 Å². The maximum absolute atomic E-state index is 13.3. The Morgan fingerprint density at radius 1 is 1.16 bits per heavy atom. The zero-order valence-corrected chi connectivity index (χ0v) is 13.5. The zero-order chi connectivity index (χ0) is 17.8. The molecule has 3 rings (SSSR count). The molecule has 0 aliphatic heterocycles. The van der Waals surface area contributed by atoms with Crippen molar-refractivity contribution in [2.45, 2.75) is 19.5 Å². The molecule has 25 heavy (non-hydrogen) atoms. The van der Waals surface area contributed by atoms with E-state index in [1.54, 1.807) is 17.8 Å². The van der Waals surface area contributed by atoms with E-state index < -0.39 is 23.6 Å². The van der Waals surface area contributed by atoms with Gasteiger partial charge in [-0.2, -0.15) is 0 Å². The van der Waals surface area contributed by atoms with E-state index in [9.17, 15) is 13.6 Å². The Bertz CT molecular complexity index is 880.